The van der Waals surface area contributed by atoms with Gasteiger partial charge in [-0.2, -0.15) is 0 Å². The van der Waals surface area contributed by atoms with Gasteiger partial charge in [0.25, 0.3) is 0 Å². The van der Waals surface area contributed by atoms with Crippen molar-refractivity contribution < 1.29 is 4.74 Å². The van der Waals surface area contributed by atoms with E-state index in [1.807, 2.05) is 7.05 Å². The first-order valence-electron chi connectivity index (χ1n) is 10.0. The fourth-order valence-electron chi connectivity index (χ4n) is 4.34. The molecule has 1 unspecified atom stereocenters. The van der Waals surface area contributed by atoms with Gasteiger partial charge in [-0.3, -0.25) is 9.89 Å². The third-order valence-electron chi connectivity index (χ3n) is 5.83. The quantitative estimate of drug-likeness (QED) is 0.390. The SMILES string of the molecule is CN=C(NCc1nnc2n1CCCCC2)N1CCC(N2CCOCC2)C1.I. The molecule has 0 amide bonds. The summed E-state index contributed by atoms with van der Waals surface area (Å²) < 4.78 is 7.78. The van der Waals surface area contributed by atoms with Crippen LogP contribution in [0.3, 0.4) is 0 Å². The third-order valence-corrected chi connectivity index (χ3v) is 5.83. The van der Waals surface area contributed by atoms with Crippen LogP contribution in [0.1, 0.15) is 37.3 Å². The predicted molar refractivity (Wildman–Crippen MR) is 116 cm³/mol. The zero-order valence-electron chi connectivity index (χ0n) is 16.3. The van der Waals surface area contributed by atoms with E-state index in [4.69, 9.17) is 4.74 Å². The van der Waals surface area contributed by atoms with Crippen molar-refractivity contribution in [3.63, 3.8) is 0 Å². The maximum absolute atomic E-state index is 5.48. The highest BCUT2D eigenvalue weighted by Gasteiger charge is 2.30. The number of morpholine rings is 1. The van der Waals surface area contributed by atoms with E-state index in [2.05, 4.69) is 34.9 Å². The minimum absolute atomic E-state index is 0. The zero-order chi connectivity index (χ0) is 17.8. The van der Waals surface area contributed by atoms with Gasteiger partial charge in [-0.25, -0.2) is 0 Å². The van der Waals surface area contributed by atoms with Gasteiger partial charge in [0.15, 0.2) is 11.8 Å². The average molecular weight is 489 g/mol. The Morgan fingerprint density at radius 2 is 2.00 bits per heavy atom. The molecule has 0 saturated carbocycles. The van der Waals surface area contributed by atoms with Gasteiger partial charge in [0.05, 0.1) is 19.8 Å². The Labute approximate surface area is 178 Å². The lowest BCUT2D eigenvalue weighted by molar-refractivity contribution is 0.0195. The number of aromatic nitrogens is 3. The molecule has 0 spiro atoms. The van der Waals surface area contributed by atoms with Crippen LogP contribution < -0.4 is 5.32 Å². The third kappa shape index (κ3) is 4.92. The van der Waals surface area contributed by atoms with Crippen LogP contribution in [0.15, 0.2) is 4.99 Å². The molecule has 0 aliphatic carbocycles. The van der Waals surface area contributed by atoms with E-state index in [-0.39, 0.29) is 24.0 Å². The number of guanidine groups is 1. The number of halogens is 1. The maximum Gasteiger partial charge on any atom is 0.194 e. The van der Waals surface area contributed by atoms with Crippen LogP contribution in [-0.2, 0) is 24.2 Å². The molecule has 4 rings (SSSR count). The molecule has 1 aromatic rings. The smallest absolute Gasteiger partial charge is 0.194 e. The summed E-state index contributed by atoms with van der Waals surface area (Å²) in [5, 5.41) is 12.3. The number of aryl methyl sites for hydroxylation is 1. The number of nitrogens with zero attached hydrogens (tertiary/aromatic N) is 6. The Morgan fingerprint density at radius 1 is 1.15 bits per heavy atom. The fraction of sp³-hybridized carbons (Fsp3) is 0.833. The van der Waals surface area contributed by atoms with Crippen molar-refractivity contribution in [3.05, 3.63) is 11.6 Å². The number of ether oxygens (including phenoxy) is 1. The van der Waals surface area contributed by atoms with E-state index in [9.17, 15) is 0 Å². The Balaban J connectivity index is 0.00000210. The number of nitrogens with one attached hydrogen (secondary N) is 1. The summed E-state index contributed by atoms with van der Waals surface area (Å²) in [5.74, 6) is 3.15. The van der Waals surface area contributed by atoms with Crippen molar-refractivity contribution in [2.45, 2.75) is 51.2 Å². The predicted octanol–water partition coefficient (Wildman–Crippen LogP) is 1.10. The Morgan fingerprint density at radius 3 is 2.81 bits per heavy atom. The molecule has 1 aromatic heterocycles. The highest BCUT2D eigenvalue weighted by atomic mass is 127. The van der Waals surface area contributed by atoms with E-state index in [1.165, 1.54) is 25.7 Å². The van der Waals surface area contributed by atoms with Gasteiger partial charge in [-0.15, -0.1) is 34.2 Å². The summed E-state index contributed by atoms with van der Waals surface area (Å²) in [4.78, 5) is 9.45. The second kappa shape index (κ2) is 10.0. The first-order valence-corrected chi connectivity index (χ1v) is 10.0. The molecule has 2 saturated heterocycles. The van der Waals surface area contributed by atoms with E-state index in [1.54, 1.807) is 0 Å². The Hall–Kier alpha value is -0.940. The van der Waals surface area contributed by atoms with Crippen LogP contribution >= 0.6 is 24.0 Å². The molecule has 9 heteroatoms. The molecule has 152 valence electrons. The monoisotopic (exact) mass is 489 g/mol. The Kier molecular flexibility index (Phi) is 7.71. The minimum Gasteiger partial charge on any atom is -0.379 e. The lowest BCUT2D eigenvalue weighted by Crippen LogP contribution is -2.46. The van der Waals surface area contributed by atoms with Crippen molar-refractivity contribution in [1.29, 1.82) is 0 Å². The van der Waals surface area contributed by atoms with Gasteiger partial charge in [-0.1, -0.05) is 6.42 Å². The van der Waals surface area contributed by atoms with Gasteiger partial charge in [0.1, 0.15) is 5.82 Å². The molecule has 3 aliphatic heterocycles. The van der Waals surface area contributed by atoms with Crippen LogP contribution in [0.5, 0.6) is 0 Å². The molecule has 8 nitrogen and oxygen atoms in total. The molecule has 27 heavy (non-hydrogen) atoms. The number of fused-ring (bicyclic) bond motifs is 1. The molecule has 0 bridgehead atoms. The highest BCUT2D eigenvalue weighted by molar-refractivity contribution is 14.0. The number of hydrogen-bond donors (Lipinski definition) is 1. The topological polar surface area (TPSA) is 70.8 Å². The minimum atomic E-state index is 0. The number of aliphatic imine (C=N–C) groups is 1. The van der Waals surface area contributed by atoms with E-state index < -0.39 is 0 Å². The molecule has 1 atom stereocenters. The summed E-state index contributed by atoms with van der Waals surface area (Å²) in [5.41, 5.74) is 0. The van der Waals surface area contributed by atoms with Gasteiger partial charge in [0, 0.05) is 52.2 Å². The molecule has 0 aromatic carbocycles. The van der Waals surface area contributed by atoms with Crippen LogP contribution in [0.2, 0.25) is 0 Å². The van der Waals surface area contributed by atoms with Crippen LogP contribution in [0.4, 0.5) is 0 Å². The standard InChI is InChI=1S/C18H31N7O.HI/c1-19-18(24-8-6-15(14-24)23-9-11-26-12-10-23)20-13-17-22-21-16-5-3-2-4-7-25(16)17;/h15H,2-14H2,1H3,(H,19,20);1H. The second-order valence-electron chi connectivity index (χ2n) is 7.43. The van der Waals surface area contributed by atoms with E-state index in [0.717, 1.165) is 70.0 Å². The van der Waals surface area contributed by atoms with Crippen molar-refractivity contribution in [2.24, 2.45) is 4.99 Å². The van der Waals surface area contributed by atoms with Crippen LogP contribution in [0, 0.1) is 0 Å². The Bertz CT molecular complexity index is 629. The molecule has 2 fully saturated rings. The first kappa shape index (κ1) is 20.8. The van der Waals surface area contributed by atoms with Crippen molar-refractivity contribution in [1.82, 2.24) is 29.9 Å². The summed E-state index contributed by atoms with van der Waals surface area (Å²) in [6.07, 6.45) is 5.98. The largest absolute Gasteiger partial charge is 0.379 e. The molecular formula is C18H32IN7O. The van der Waals surface area contributed by atoms with Crippen LogP contribution in [0.25, 0.3) is 0 Å². The summed E-state index contributed by atoms with van der Waals surface area (Å²) >= 11 is 0. The average Bonchev–Trinajstić information content (AvgIpc) is 3.25. The van der Waals surface area contributed by atoms with Gasteiger partial charge in [0.2, 0.25) is 0 Å². The lowest BCUT2D eigenvalue weighted by Gasteiger charge is -2.32. The van der Waals surface area contributed by atoms with Gasteiger partial charge < -0.3 is 19.5 Å². The van der Waals surface area contributed by atoms with Crippen molar-refractivity contribution >= 4 is 29.9 Å². The zero-order valence-corrected chi connectivity index (χ0v) is 18.6. The van der Waals surface area contributed by atoms with Crippen LogP contribution in [-0.4, -0.2) is 83.0 Å². The lowest BCUT2D eigenvalue weighted by atomic mass is 10.2. The summed E-state index contributed by atoms with van der Waals surface area (Å²) in [6.45, 7) is 7.66. The summed E-state index contributed by atoms with van der Waals surface area (Å²) in [7, 11) is 1.87. The molecule has 0 radical (unpaired) electrons. The normalized spacial score (nSPS) is 24.3. The molecule has 4 heterocycles. The second-order valence-corrected chi connectivity index (χ2v) is 7.43. The number of hydrogen-bond acceptors (Lipinski definition) is 5. The molecular weight excluding hydrogens is 457 g/mol. The van der Waals surface area contributed by atoms with Gasteiger partial charge >= 0.3 is 0 Å². The van der Waals surface area contributed by atoms with Crippen molar-refractivity contribution in [2.75, 3.05) is 46.4 Å². The van der Waals surface area contributed by atoms with E-state index in [0.29, 0.717) is 12.6 Å². The fourth-order valence-corrected chi connectivity index (χ4v) is 4.34. The number of likely N-dealkylation sites (tertiary alicyclic amines) is 1. The summed E-state index contributed by atoms with van der Waals surface area (Å²) in [6, 6.07) is 0.613. The van der Waals surface area contributed by atoms with Gasteiger partial charge in [-0.05, 0) is 19.3 Å². The molecule has 1 N–H and O–H groups in total. The first-order chi connectivity index (χ1) is 12.8. The highest BCUT2D eigenvalue weighted by Crippen LogP contribution is 2.18. The maximum atomic E-state index is 5.48. The van der Waals surface area contributed by atoms with Crippen molar-refractivity contribution in [3.8, 4) is 0 Å². The number of rotatable bonds is 3. The van der Waals surface area contributed by atoms with E-state index >= 15 is 0 Å². The molecule has 3 aliphatic rings.